The Morgan fingerprint density at radius 2 is 1.75 bits per heavy atom. The van der Waals surface area contributed by atoms with Crippen LogP contribution in [0, 0.1) is 6.92 Å². The predicted octanol–water partition coefficient (Wildman–Crippen LogP) is 3.88. The number of rotatable bonds is 6. The van der Waals surface area contributed by atoms with Gasteiger partial charge in [-0.2, -0.15) is 0 Å². The van der Waals surface area contributed by atoms with E-state index in [9.17, 15) is 13.2 Å². The number of amides is 1. The molecule has 146 valence electrons. The molecule has 0 fully saturated rings. The average Bonchev–Trinajstić information content (AvgIpc) is 3.10. The van der Waals surface area contributed by atoms with Crippen LogP contribution in [0.1, 0.15) is 21.9 Å². The monoisotopic (exact) mass is 398 g/mol. The molecule has 0 unspecified atom stereocenters. The Morgan fingerprint density at radius 1 is 1.04 bits per heavy atom. The molecular weight excluding hydrogens is 376 g/mol. The summed E-state index contributed by atoms with van der Waals surface area (Å²) in [6.45, 7) is 1.96. The maximum atomic E-state index is 12.4. The number of benzene rings is 2. The Balaban J connectivity index is 1.72. The second-order valence-corrected chi connectivity index (χ2v) is 8.68. The van der Waals surface area contributed by atoms with Crippen LogP contribution >= 0.6 is 0 Å². The Kier molecular flexibility index (Phi) is 5.56. The van der Waals surface area contributed by atoms with Gasteiger partial charge in [-0.3, -0.25) is 4.79 Å². The Morgan fingerprint density at radius 3 is 2.39 bits per heavy atom. The average molecular weight is 398 g/mol. The van der Waals surface area contributed by atoms with E-state index in [0.717, 1.165) is 11.3 Å². The van der Waals surface area contributed by atoms with Crippen molar-refractivity contribution < 1.29 is 17.6 Å². The van der Waals surface area contributed by atoms with Crippen LogP contribution in [-0.2, 0) is 15.6 Å². The molecule has 6 nitrogen and oxygen atoms in total. The Labute approximate surface area is 164 Å². The second-order valence-electron chi connectivity index (χ2n) is 6.69. The molecule has 0 radical (unpaired) electrons. The first-order chi connectivity index (χ1) is 13.3. The highest BCUT2D eigenvalue weighted by molar-refractivity contribution is 7.90. The summed E-state index contributed by atoms with van der Waals surface area (Å²) in [7, 11) is 0.372. The van der Waals surface area contributed by atoms with E-state index in [0.29, 0.717) is 5.69 Å². The number of aryl methyl sites for hydroxylation is 1. The number of furan rings is 1. The van der Waals surface area contributed by atoms with Crippen molar-refractivity contribution in [1.29, 1.82) is 0 Å². The fourth-order valence-corrected chi connectivity index (χ4v) is 4.17. The van der Waals surface area contributed by atoms with Crippen LogP contribution in [0.3, 0.4) is 0 Å². The first kappa shape index (κ1) is 19.7. The fourth-order valence-electron chi connectivity index (χ4n) is 2.90. The number of anilines is 2. The van der Waals surface area contributed by atoms with E-state index in [1.165, 1.54) is 24.3 Å². The normalized spacial score (nSPS) is 11.2. The summed E-state index contributed by atoms with van der Waals surface area (Å²) >= 11 is 0. The third-order valence-electron chi connectivity index (χ3n) is 4.26. The molecule has 0 atom stereocenters. The molecule has 2 aromatic carbocycles. The Bertz CT molecular complexity index is 1090. The molecule has 0 aliphatic rings. The van der Waals surface area contributed by atoms with Crippen molar-refractivity contribution in [2.45, 2.75) is 17.6 Å². The fraction of sp³-hybridized carbons (Fsp3) is 0.190. The highest BCUT2D eigenvalue weighted by Gasteiger charge is 2.19. The van der Waals surface area contributed by atoms with Crippen molar-refractivity contribution in [3.8, 4) is 0 Å². The minimum absolute atomic E-state index is 0.0626. The van der Waals surface area contributed by atoms with E-state index in [-0.39, 0.29) is 22.2 Å². The van der Waals surface area contributed by atoms with Crippen molar-refractivity contribution in [2.75, 3.05) is 24.3 Å². The highest BCUT2D eigenvalue weighted by Crippen LogP contribution is 2.23. The predicted molar refractivity (Wildman–Crippen MR) is 109 cm³/mol. The van der Waals surface area contributed by atoms with Gasteiger partial charge in [0, 0.05) is 25.5 Å². The Hall–Kier alpha value is -3.06. The molecule has 0 aliphatic carbocycles. The third-order valence-corrected chi connectivity index (χ3v) is 5.91. The van der Waals surface area contributed by atoms with Crippen molar-refractivity contribution in [3.63, 3.8) is 0 Å². The zero-order valence-corrected chi connectivity index (χ0v) is 16.8. The van der Waals surface area contributed by atoms with Gasteiger partial charge in [0.15, 0.2) is 15.6 Å². The molecule has 7 heteroatoms. The molecule has 3 aromatic rings. The van der Waals surface area contributed by atoms with Gasteiger partial charge in [-0.1, -0.05) is 18.2 Å². The highest BCUT2D eigenvalue weighted by atomic mass is 32.2. The number of carbonyl (C=O) groups is 1. The zero-order chi connectivity index (χ0) is 20.3. The van der Waals surface area contributed by atoms with Gasteiger partial charge in [-0.25, -0.2) is 8.42 Å². The molecule has 0 bridgehead atoms. The van der Waals surface area contributed by atoms with Crippen molar-refractivity contribution in [3.05, 3.63) is 77.7 Å². The van der Waals surface area contributed by atoms with Crippen LogP contribution in [0.5, 0.6) is 0 Å². The third kappa shape index (κ3) is 4.43. The van der Waals surface area contributed by atoms with Crippen LogP contribution in [-0.4, -0.2) is 28.4 Å². The lowest BCUT2D eigenvalue weighted by Crippen LogP contribution is -2.13. The molecule has 1 N–H and O–H groups in total. The van der Waals surface area contributed by atoms with Crippen LogP contribution in [0.25, 0.3) is 0 Å². The SMILES string of the molecule is Cc1cc(NC(=O)c2ccc(CS(=O)(=O)c3ccccc3)o2)ccc1N(C)C. The van der Waals surface area contributed by atoms with E-state index in [2.05, 4.69) is 5.32 Å². The standard InChI is InChI=1S/C21H22N2O4S/c1-15-13-16(9-11-19(15)23(2)3)22-21(24)20-12-10-17(27-20)14-28(25,26)18-7-5-4-6-8-18/h4-13H,14H2,1-3H3,(H,22,24). The van der Waals surface area contributed by atoms with Crippen molar-refractivity contribution >= 4 is 27.1 Å². The summed E-state index contributed by atoms with van der Waals surface area (Å²) < 4.78 is 30.3. The van der Waals surface area contributed by atoms with E-state index in [1.54, 1.807) is 18.2 Å². The van der Waals surface area contributed by atoms with Gasteiger partial charge in [0.25, 0.3) is 5.91 Å². The molecule has 0 spiro atoms. The molecule has 1 heterocycles. The van der Waals surface area contributed by atoms with E-state index in [4.69, 9.17) is 4.42 Å². The number of nitrogens with one attached hydrogen (secondary N) is 1. The van der Waals surface area contributed by atoms with Gasteiger partial charge in [-0.05, 0) is 55.0 Å². The van der Waals surface area contributed by atoms with Crippen LogP contribution in [0.4, 0.5) is 11.4 Å². The maximum Gasteiger partial charge on any atom is 0.291 e. The molecule has 1 amide bonds. The van der Waals surface area contributed by atoms with E-state index in [1.807, 2.05) is 44.1 Å². The van der Waals surface area contributed by atoms with Gasteiger partial charge in [0.2, 0.25) is 0 Å². The van der Waals surface area contributed by atoms with E-state index >= 15 is 0 Å². The molecule has 0 saturated carbocycles. The second kappa shape index (κ2) is 7.90. The summed E-state index contributed by atoms with van der Waals surface area (Å²) in [5.41, 5.74) is 2.73. The number of sulfone groups is 1. The summed E-state index contributed by atoms with van der Waals surface area (Å²) in [5.74, 6) is -0.456. The van der Waals surface area contributed by atoms with Gasteiger partial charge >= 0.3 is 0 Å². The number of nitrogens with zero attached hydrogens (tertiary/aromatic N) is 1. The van der Waals surface area contributed by atoms with Crippen molar-refractivity contribution in [1.82, 2.24) is 0 Å². The molecule has 3 rings (SSSR count). The maximum absolute atomic E-state index is 12.4. The van der Waals surface area contributed by atoms with Crippen LogP contribution < -0.4 is 10.2 Å². The summed E-state index contributed by atoms with van der Waals surface area (Å²) in [5, 5.41) is 2.77. The van der Waals surface area contributed by atoms with Gasteiger partial charge in [0.05, 0.1) is 4.90 Å². The first-order valence-corrected chi connectivity index (χ1v) is 10.4. The number of hydrogen-bond donors (Lipinski definition) is 1. The molecular formula is C21H22N2O4S. The van der Waals surface area contributed by atoms with Crippen molar-refractivity contribution in [2.24, 2.45) is 0 Å². The number of carbonyl (C=O) groups excluding carboxylic acids is 1. The minimum atomic E-state index is -3.53. The van der Waals surface area contributed by atoms with Gasteiger partial charge in [-0.15, -0.1) is 0 Å². The summed E-state index contributed by atoms with van der Waals surface area (Å²) in [6, 6.07) is 16.7. The smallest absolute Gasteiger partial charge is 0.291 e. The quantitative estimate of drug-likeness (QED) is 0.682. The summed E-state index contributed by atoms with van der Waals surface area (Å²) in [6.07, 6.45) is 0. The first-order valence-electron chi connectivity index (χ1n) is 8.72. The van der Waals surface area contributed by atoms with Gasteiger partial charge < -0.3 is 14.6 Å². The largest absolute Gasteiger partial charge is 0.455 e. The summed E-state index contributed by atoms with van der Waals surface area (Å²) in [4.78, 5) is 14.6. The lowest BCUT2D eigenvalue weighted by atomic mass is 10.1. The topological polar surface area (TPSA) is 79.6 Å². The van der Waals surface area contributed by atoms with E-state index < -0.39 is 15.7 Å². The lowest BCUT2D eigenvalue weighted by molar-refractivity contribution is 0.0995. The van der Waals surface area contributed by atoms with Crippen LogP contribution in [0.15, 0.2) is 70.0 Å². The molecule has 0 aliphatic heterocycles. The zero-order valence-electron chi connectivity index (χ0n) is 16.0. The number of hydrogen-bond acceptors (Lipinski definition) is 5. The minimum Gasteiger partial charge on any atom is -0.455 e. The van der Waals surface area contributed by atoms with Crippen LogP contribution in [0.2, 0.25) is 0 Å². The molecule has 28 heavy (non-hydrogen) atoms. The van der Waals surface area contributed by atoms with Gasteiger partial charge in [0.1, 0.15) is 11.5 Å². The molecule has 0 saturated heterocycles. The molecule has 1 aromatic heterocycles. The lowest BCUT2D eigenvalue weighted by Gasteiger charge is -2.16.